The van der Waals surface area contributed by atoms with Gasteiger partial charge in [-0.1, -0.05) is 0 Å². The first-order chi connectivity index (χ1) is 6.59. The van der Waals surface area contributed by atoms with Crippen LogP contribution in [0.4, 0.5) is 0 Å². The highest BCUT2D eigenvalue weighted by Crippen LogP contribution is 2.16. The van der Waals surface area contributed by atoms with Crippen LogP contribution in [0.3, 0.4) is 0 Å². The molecule has 0 saturated heterocycles. The predicted molar refractivity (Wildman–Crippen MR) is 47.7 cm³/mol. The Morgan fingerprint density at radius 1 is 1.50 bits per heavy atom. The zero-order valence-corrected chi connectivity index (χ0v) is 7.31. The summed E-state index contributed by atoms with van der Waals surface area (Å²) in [7, 11) is 0. The Balaban J connectivity index is 3.01. The fourth-order valence-corrected chi connectivity index (χ4v) is 1.20. The number of nitrogens with zero attached hydrogens (tertiary/aromatic N) is 2. The van der Waals surface area contributed by atoms with Crippen LogP contribution in [-0.2, 0) is 0 Å². The van der Waals surface area contributed by atoms with Crippen LogP contribution in [0.25, 0.3) is 11.5 Å². The molecule has 0 amide bonds. The number of aromatic amines is 1. The second-order valence-electron chi connectivity index (χ2n) is 2.91. The van der Waals surface area contributed by atoms with Gasteiger partial charge in [0.25, 0.3) is 0 Å². The van der Waals surface area contributed by atoms with E-state index in [0.717, 1.165) is 5.56 Å². The first kappa shape index (κ1) is 8.49. The van der Waals surface area contributed by atoms with Gasteiger partial charge in [-0.25, -0.2) is 0 Å². The monoisotopic (exact) mass is 193 g/mol. The smallest absolute Gasteiger partial charge is 0.337 e. The average Bonchev–Trinajstić information content (AvgIpc) is 2.15. The zero-order valence-electron chi connectivity index (χ0n) is 7.31. The van der Waals surface area contributed by atoms with E-state index in [1.807, 2.05) is 0 Å². The second-order valence-corrected chi connectivity index (χ2v) is 2.91. The molecule has 6 nitrogen and oxygen atoms in total. The first-order valence-electron chi connectivity index (χ1n) is 3.91. The van der Waals surface area contributed by atoms with Crippen molar-refractivity contribution >= 4 is 0 Å². The van der Waals surface area contributed by atoms with Crippen molar-refractivity contribution in [3.8, 4) is 11.5 Å². The SMILES string of the molecule is Cc1ccn(O)c2nc(=O)c(=O)[nH]c1-2. The average molecular weight is 193 g/mol. The molecule has 6 heteroatoms. The van der Waals surface area contributed by atoms with Crippen LogP contribution < -0.4 is 11.1 Å². The van der Waals surface area contributed by atoms with Crippen LogP contribution >= 0.6 is 0 Å². The standard InChI is InChI=1S/C8H7N3O3/c1-4-2-3-11(14)6-5(4)9-7(12)8(13)10-6/h2-3,14H,1H3,(H,9,12). The van der Waals surface area contributed by atoms with E-state index in [4.69, 9.17) is 0 Å². The van der Waals surface area contributed by atoms with Gasteiger partial charge in [-0.15, -0.1) is 0 Å². The highest BCUT2D eigenvalue weighted by molar-refractivity contribution is 5.54. The lowest BCUT2D eigenvalue weighted by Gasteiger charge is -2.09. The van der Waals surface area contributed by atoms with E-state index in [0.29, 0.717) is 10.4 Å². The van der Waals surface area contributed by atoms with Gasteiger partial charge in [-0.3, -0.25) is 9.59 Å². The van der Waals surface area contributed by atoms with Gasteiger partial charge in [0.2, 0.25) is 0 Å². The fraction of sp³-hybridized carbons (Fsp3) is 0.125. The molecule has 0 saturated carbocycles. The number of aryl methyl sites for hydroxylation is 1. The van der Waals surface area contributed by atoms with Crippen molar-refractivity contribution in [2.24, 2.45) is 0 Å². The van der Waals surface area contributed by atoms with Gasteiger partial charge in [-0.2, -0.15) is 9.71 Å². The van der Waals surface area contributed by atoms with Crippen molar-refractivity contribution in [1.82, 2.24) is 14.7 Å². The van der Waals surface area contributed by atoms with E-state index in [1.165, 1.54) is 6.20 Å². The number of hydrogen-bond acceptors (Lipinski definition) is 4. The largest absolute Gasteiger partial charge is 0.427 e. The van der Waals surface area contributed by atoms with Crippen LogP contribution in [0.5, 0.6) is 0 Å². The van der Waals surface area contributed by atoms with Gasteiger partial charge >= 0.3 is 11.1 Å². The van der Waals surface area contributed by atoms with Crippen LogP contribution in [0.1, 0.15) is 5.56 Å². The molecule has 72 valence electrons. The lowest BCUT2D eigenvalue weighted by atomic mass is 10.2. The van der Waals surface area contributed by atoms with Crippen LogP contribution in [-0.4, -0.2) is 19.9 Å². The Labute approximate surface area is 77.8 Å². The normalized spacial score (nSPS) is 10.6. The number of rotatable bonds is 0. The van der Waals surface area contributed by atoms with Crippen molar-refractivity contribution in [1.29, 1.82) is 0 Å². The molecule has 0 atom stereocenters. The summed E-state index contributed by atoms with van der Waals surface area (Å²) in [6, 6.07) is 1.60. The molecule has 0 spiro atoms. The summed E-state index contributed by atoms with van der Waals surface area (Å²) < 4.78 is 0.694. The molecule has 2 rings (SSSR count). The van der Waals surface area contributed by atoms with E-state index < -0.39 is 11.1 Å². The molecule has 14 heavy (non-hydrogen) atoms. The molecule has 0 aromatic rings. The number of hydrogen-bond donors (Lipinski definition) is 2. The highest BCUT2D eigenvalue weighted by Gasteiger charge is 2.13. The Bertz CT molecular complexity index is 518. The van der Waals surface area contributed by atoms with Crippen molar-refractivity contribution in [2.45, 2.75) is 6.92 Å². The van der Waals surface area contributed by atoms with Crippen molar-refractivity contribution in [2.75, 3.05) is 0 Å². The third kappa shape index (κ3) is 1.08. The first-order valence-corrected chi connectivity index (χ1v) is 3.91. The molecule has 0 bridgehead atoms. The topological polar surface area (TPSA) is 88.0 Å². The Kier molecular flexibility index (Phi) is 1.63. The van der Waals surface area contributed by atoms with E-state index in [2.05, 4.69) is 9.97 Å². The summed E-state index contributed by atoms with van der Waals surface area (Å²) in [6.07, 6.45) is 1.35. The fourth-order valence-electron chi connectivity index (χ4n) is 1.20. The van der Waals surface area contributed by atoms with Gasteiger partial charge in [-0.05, 0) is 18.6 Å². The molecule has 0 aromatic heterocycles. The van der Waals surface area contributed by atoms with Crippen LogP contribution in [0.2, 0.25) is 0 Å². The molecule has 2 heterocycles. The third-order valence-corrected chi connectivity index (χ3v) is 1.94. The maximum atomic E-state index is 11.0. The summed E-state index contributed by atoms with van der Waals surface area (Å²) in [6.45, 7) is 1.74. The lowest BCUT2D eigenvalue weighted by molar-refractivity contribution is 0.185. The van der Waals surface area contributed by atoms with E-state index in [1.54, 1.807) is 13.0 Å². The molecular weight excluding hydrogens is 186 g/mol. The molecule has 0 fully saturated rings. The molecule has 0 radical (unpaired) electrons. The van der Waals surface area contributed by atoms with Gasteiger partial charge < -0.3 is 10.2 Å². The van der Waals surface area contributed by atoms with Crippen molar-refractivity contribution in [3.05, 3.63) is 38.5 Å². The summed E-state index contributed by atoms with van der Waals surface area (Å²) in [5.74, 6) is 0.0506. The predicted octanol–water partition coefficient (Wildman–Crippen LogP) is -0.418. The molecular formula is C8H7N3O3. The Morgan fingerprint density at radius 3 is 2.93 bits per heavy atom. The Morgan fingerprint density at radius 2 is 2.21 bits per heavy atom. The van der Waals surface area contributed by atoms with Gasteiger partial charge in [0, 0.05) is 6.20 Å². The summed E-state index contributed by atoms with van der Waals surface area (Å²) in [5.41, 5.74) is -0.604. The van der Waals surface area contributed by atoms with E-state index >= 15 is 0 Å². The molecule has 2 aliphatic heterocycles. The van der Waals surface area contributed by atoms with Gasteiger partial charge in [0.1, 0.15) is 0 Å². The molecule has 0 unspecified atom stereocenters. The minimum absolute atomic E-state index is 0.0506. The molecule has 0 aromatic carbocycles. The molecule has 2 aliphatic rings. The number of fused-ring (bicyclic) bond motifs is 1. The van der Waals surface area contributed by atoms with E-state index in [-0.39, 0.29) is 5.82 Å². The summed E-state index contributed by atoms with van der Waals surface area (Å²) in [4.78, 5) is 27.7. The van der Waals surface area contributed by atoms with Crippen molar-refractivity contribution in [3.63, 3.8) is 0 Å². The van der Waals surface area contributed by atoms with Gasteiger partial charge in [0.05, 0.1) is 5.69 Å². The maximum Gasteiger partial charge on any atom is 0.337 e. The zero-order chi connectivity index (χ0) is 10.3. The molecule has 2 N–H and O–H groups in total. The summed E-state index contributed by atoms with van der Waals surface area (Å²) in [5, 5.41) is 9.30. The van der Waals surface area contributed by atoms with Gasteiger partial charge in [0.15, 0.2) is 5.82 Å². The van der Waals surface area contributed by atoms with E-state index in [9.17, 15) is 14.8 Å². The highest BCUT2D eigenvalue weighted by atomic mass is 16.5. The third-order valence-electron chi connectivity index (χ3n) is 1.94. The number of aromatic nitrogens is 3. The van der Waals surface area contributed by atoms with Crippen LogP contribution in [0.15, 0.2) is 21.9 Å². The second kappa shape index (κ2) is 2.69. The number of pyridine rings is 1. The number of nitrogens with one attached hydrogen (secondary N) is 1. The number of H-pyrrole nitrogens is 1. The quantitative estimate of drug-likeness (QED) is 0.439. The molecule has 0 aliphatic carbocycles. The minimum atomic E-state index is -0.911. The lowest BCUT2D eigenvalue weighted by Crippen LogP contribution is -2.32. The van der Waals surface area contributed by atoms with Crippen molar-refractivity contribution < 1.29 is 5.21 Å². The maximum absolute atomic E-state index is 11.0. The Hall–Kier alpha value is -2.11. The van der Waals surface area contributed by atoms with Crippen LogP contribution in [0, 0.1) is 6.92 Å². The minimum Gasteiger partial charge on any atom is -0.427 e. The summed E-state index contributed by atoms with van der Waals surface area (Å²) >= 11 is 0.